The molecule has 17 heavy (non-hydrogen) atoms. The number of carbonyl (C=O) groups excluding carboxylic acids is 1. The number of nitrogens with one attached hydrogen (secondary N) is 1. The van der Waals surface area contributed by atoms with Crippen molar-refractivity contribution in [2.24, 2.45) is 23.0 Å². The van der Waals surface area contributed by atoms with Crippen LogP contribution in [-0.2, 0) is 4.79 Å². The summed E-state index contributed by atoms with van der Waals surface area (Å²) in [5.41, 5.74) is 5.95. The van der Waals surface area contributed by atoms with Crippen LogP contribution in [0.25, 0.3) is 0 Å². The van der Waals surface area contributed by atoms with Crippen molar-refractivity contribution in [2.75, 3.05) is 6.54 Å². The molecule has 0 aromatic heterocycles. The second-order valence-electron chi connectivity index (χ2n) is 5.48. The number of nitrogens with two attached hydrogens (primary N) is 1. The maximum atomic E-state index is 12.0. The first kappa shape index (κ1) is 14.4. The summed E-state index contributed by atoms with van der Waals surface area (Å²) in [7, 11) is 0. The summed E-state index contributed by atoms with van der Waals surface area (Å²) in [6.07, 6.45) is 4.10. The van der Waals surface area contributed by atoms with Gasteiger partial charge in [-0.15, -0.1) is 0 Å². The van der Waals surface area contributed by atoms with E-state index in [1.54, 1.807) is 0 Å². The van der Waals surface area contributed by atoms with Gasteiger partial charge in [-0.25, -0.2) is 0 Å². The van der Waals surface area contributed by atoms with Crippen LogP contribution in [0.4, 0.5) is 0 Å². The number of hydrogen-bond donors (Lipinski definition) is 2. The average molecular weight is 256 g/mol. The van der Waals surface area contributed by atoms with Crippen LogP contribution in [0, 0.1) is 17.3 Å². The van der Waals surface area contributed by atoms with Crippen LogP contribution in [-0.4, -0.2) is 17.4 Å². The smallest absolute Gasteiger partial charge is 0.229 e. The number of thiocarbonyl (C=S) groups is 1. The van der Waals surface area contributed by atoms with Crippen LogP contribution in [0.2, 0.25) is 0 Å². The Morgan fingerprint density at radius 1 is 1.47 bits per heavy atom. The highest BCUT2D eigenvalue weighted by Gasteiger charge is 2.45. The summed E-state index contributed by atoms with van der Waals surface area (Å²) in [4.78, 5) is 12.3. The normalized spacial score (nSPS) is 18.8. The molecule has 0 aliphatic heterocycles. The summed E-state index contributed by atoms with van der Waals surface area (Å²) in [6, 6.07) is 0. The van der Waals surface area contributed by atoms with Crippen molar-refractivity contribution in [1.82, 2.24) is 5.32 Å². The van der Waals surface area contributed by atoms with Crippen LogP contribution in [0.3, 0.4) is 0 Å². The lowest BCUT2D eigenvalue weighted by molar-refractivity contribution is -0.123. The van der Waals surface area contributed by atoms with E-state index in [0.717, 1.165) is 19.4 Å². The quantitative estimate of drug-likeness (QED) is 0.687. The zero-order valence-corrected chi connectivity index (χ0v) is 11.9. The predicted molar refractivity (Wildman–Crippen MR) is 74.7 cm³/mol. The van der Waals surface area contributed by atoms with Gasteiger partial charge in [0.15, 0.2) is 0 Å². The molecule has 1 rings (SSSR count). The molecule has 4 heteroatoms. The molecule has 1 aliphatic carbocycles. The molecule has 1 amide bonds. The van der Waals surface area contributed by atoms with E-state index in [4.69, 9.17) is 18.0 Å². The van der Waals surface area contributed by atoms with Crippen molar-refractivity contribution < 1.29 is 4.79 Å². The van der Waals surface area contributed by atoms with E-state index < -0.39 is 0 Å². The van der Waals surface area contributed by atoms with Gasteiger partial charge in [-0.05, 0) is 30.6 Å². The van der Waals surface area contributed by atoms with Crippen molar-refractivity contribution in [1.29, 1.82) is 0 Å². The van der Waals surface area contributed by atoms with Crippen LogP contribution in [0.15, 0.2) is 0 Å². The van der Waals surface area contributed by atoms with Gasteiger partial charge in [0.2, 0.25) is 5.91 Å². The van der Waals surface area contributed by atoms with Gasteiger partial charge in [-0.3, -0.25) is 4.79 Å². The molecule has 0 bridgehead atoms. The number of carbonyl (C=O) groups is 1. The lowest BCUT2D eigenvalue weighted by Gasteiger charge is -2.22. The minimum absolute atomic E-state index is 0.00581. The highest BCUT2D eigenvalue weighted by molar-refractivity contribution is 7.80. The third kappa shape index (κ3) is 3.66. The molecule has 1 atom stereocenters. The first-order valence-electron chi connectivity index (χ1n) is 6.50. The first-order chi connectivity index (χ1) is 7.93. The molecule has 0 aromatic rings. The Hall–Kier alpha value is -0.640. The summed E-state index contributed by atoms with van der Waals surface area (Å²) < 4.78 is 0. The Labute approximate surface area is 110 Å². The first-order valence-corrected chi connectivity index (χ1v) is 6.91. The minimum atomic E-state index is -0.294. The standard InChI is InChI=1S/C13H24N2OS/c1-4-5-10(11(14)17)12(16)15-8-13(6-7-13)9(2)3/h9-10H,4-8H2,1-3H3,(H2,14,17)(H,15,16). The highest BCUT2D eigenvalue weighted by atomic mass is 32.1. The van der Waals surface area contributed by atoms with E-state index >= 15 is 0 Å². The number of amides is 1. The molecule has 0 radical (unpaired) electrons. The predicted octanol–water partition coefficient (Wildman–Crippen LogP) is 2.24. The van der Waals surface area contributed by atoms with Gasteiger partial charge >= 0.3 is 0 Å². The second kappa shape index (κ2) is 5.80. The minimum Gasteiger partial charge on any atom is -0.393 e. The molecule has 1 saturated carbocycles. The Kier molecular flexibility index (Phi) is 4.92. The fraction of sp³-hybridized carbons (Fsp3) is 0.846. The fourth-order valence-electron chi connectivity index (χ4n) is 2.20. The molecule has 1 unspecified atom stereocenters. The molecule has 3 N–H and O–H groups in total. The van der Waals surface area contributed by atoms with Crippen molar-refractivity contribution in [3.8, 4) is 0 Å². The van der Waals surface area contributed by atoms with E-state index in [2.05, 4.69) is 19.2 Å². The Morgan fingerprint density at radius 3 is 2.41 bits per heavy atom. The van der Waals surface area contributed by atoms with E-state index in [9.17, 15) is 4.79 Å². The highest BCUT2D eigenvalue weighted by Crippen LogP contribution is 2.51. The fourth-order valence-corrected chi connectivity index (χ4v) is 2.42. The largest absolute Gasteiger partial charge is 0.393 e. The van der Waals surface area contributed by atoms with E-state index in [1.165, 1.54) is 12.8 Å². The van der Waals surface area contributed by atoms with Gasteiger partial charge < -0.3 is 11.1 Å². The molecular formula is C13H24N2OS. The molecule has 1 aliphatic rings. The molecular weight excluding hydrogens is 232 g/mol. The van der Waals surface area contributed by atoms with Crippen molar-refractivity contribution in [3.05, 3.63) is 0 Å². The Bertz CT molecular complexity index is 298. The lowest BCUT2D eigenvalue weighted by Crippen LogP contribution is -2.41. The SMILES string of the molecule is CCCC(C(=O)NCC1(C(C)C)CC1)C(N)=S. The van der Waals surface area contributed by atoms with E-state index in [-0.39, 0.29) is 11.8 Å². The van der Waals surface area contributed by atoms with Crippen LogP contribution < -0.4 is 11.1 Å². The zero-order valence-electron chi connectivity index (χ0n) is 11.1. The molecule has 0 saturated heterocycles. The summed E-state index contributed by atoms with van der Waals surface area (Å²) in [5.74, 6) is 0.335. The maximum Gasteiger partial charge on any atom is 0.229 e. The van der Waals surface area contributed by atoms with Gasteiger partial charge in [0.1, 0.15) is 0 Å². The Balaban J connectivity index is 2.45. The van der Waals surface area contributed by atoms with E-state index in [0.29, 0.717) is 16.3 Å². The summed E-state index contributed by atoms with van der Waals surface area (Å²) in [5, 5.41) is 3.03. The number of rotatable bonds is 7. The summed E-state index contributed by atoms with van der Waals surface area (Å²) in [6.45, 7) is 7.24. The Morgan fingerprint density at radius 2 is 2.06 bits per heavy atom. The van der Waals surface area contributed by atoms with Gasteiger partial charge in [0, 0.05) is 6.54 Å². The molecule has 98 valence electrons. The molecule has 0 heterocycles. The van der Waals surface area contributed by atoms with E-state index in [1.807, 2.05) is 6.92 Å². The molecule has 3 nitrogen and oxygen atoms in total. The molecule has 0 aromatic carbocycles. The molecule has 1 fully saturated rings. The monoisotopic (exact) mass is 256 g/mol. The van der Waals surface area contributed by atoms with Crippen molar-refractivity contribution in [3.63, 3.8) is 0 Å². The third-order valence-corrected chi connectivity index (χ3v) is 4.25. The van der Waals surface area contributed by atoms with Crippen LogP contribution >= 0.6 is 12.2 Å². The average Bonchev–Trinajstić information content (AvgIpc) is 3.03. The van der Waals surface area contributed by atoms with Crippen LogP contribution in [0.1, 0.15) is 46.5 Å². The third-order valence-electron chi connectivity index (χ3n) is 3.97. The zero-order chi connectivity index (χ0) is 13.1. The van der Waals surface area contributed by atoms with Crippen molar-refractivity contribution >= 4 is 23.1 Å². The summed E-state index contributed by atoms with van der Waals surface area (Å²) >= 11 is 4.95. The number of hydrogen-bond acceptors (Lipinski definition) is 2. The maximum absolute atomic E-state index is 12.0. The lowest BCUT2D eigenvalue weighted by atomic mass is 9.92. The topological polar surface area (TPSA) is 55.1 Å². The van der Waals surface area contributed by atoms with Gasteiger partial charge in [-0.2, -0.15) is 0 Å². The second-order valence-corrected chi connectivity index (χ2v) is 5.95. The van der Waals surface area contributed by atoms with Gasteiger partial charge in [-0.1, -0.05) is 39.4 Å². The van der Waals surface area contributed by atoms with Gasteiger partial charge in [0.05, 0.1) is 10.9 Å². The van der Waals surface area contributed by atoms with Gasteiger partial charge in [0.25, 0.3) is 0 Å². The van der Waals surface area contributed by atoms with Crippen molar-refractivity contribution in [2.45, 2.75) is 46.5 Å². The van der Waals surface area contributed by atoms with Crippen LogP contribution in [0.5, 0.6) is 0 Å². The molecule has 0 spiro atoms.